The summed E-state index contributed by atoms with van der Waals surface area (Å²) >= 11 is 0. The molecule has 0 aliphatic heterocycles. The van der Waals surface area contributed by atoms with Crippen LogP contribution in [-0.4, -0.2) is 30.8 Å². The second-order valence-electron chi connectivity index (χ2n) is 4.08. The van der Waals surface area contributed by atoms with Gasteiger partial charge in [-0.25, -0.2) is 9.78 Å². The highest BCUT2D eigenvalue weighted by Crippen LogP contribution is 2.17. The van der Waals surface area contributed by atoms with Crippen LogP contribution in [0.1, 0.15) is 17.4 Å². The Labute approximate surface area is 108 Å². The molecule has 19 heavy (non-hydrogen) atoms. The number of carboxylic acids is 1. The zero-order chi connectivity index (χ0) is 14.0. The van der Waals surface area contributed by atoms with Gasteiger partial charge in [0, 0.05) is 24.9 Å². The van der Waals surface area contributed by atoms with Crippen molar-refractivity contribution in [1.29, 1.82) is 0 Å². The molecule has 0 amide bonds. The average Bonchev–Trinajstić information content (AvgIpc) is 2.70. The molecular formula is C11H13N5O3. The zero-order valence-electron chi connectivity index (χ0n) is 10.4. The number of hydrogen-bond donors (Lipinski definition) is 3. The lowest BCUT2D eigenvalue weighted by Crippen LogP contribution is -2.22. The molecule has 0 radical (unpaired) electrons. The smallest absolute Gasteiger partial charge is 0.330 e. The van der Waals surface area contributed by atoms with Crippen molar-refractivity contribution in [2.75, 3.05) is 5.32 Å². The molecule has 8 nitrogen and oxygen atoms in total. The molecule has 0 fully saturated rings. The highest BCUT2D eigenvalue weighted by Gasteiger charge is 2.21. The molecule has 0 saturated heterocycles. The molecule has 8 heteroatoms. The lowest BCUT2D eigenvalue weighted by Gasteiger charge is -2.13. The maximum Gasteiger partial charge on any atom is 0.330 e. The first-order valence-corrected chi connectivity index (χ1v) is 5.51. The number of anilines is 1. The normalized spacial score (nSPS) is 12.1. The van der Waals surface area contributed by atoms with Crippen LogP contribution in [0.5, 0.6) is 0 Å². The largest absolute Gasteiger partial charge is 0.479 e. The summed E-state index contributed by atoms with van der Waals surface area (Å²) in [6.45, 7) is 1.62. The van der Waals surface area contributed by atoms with Gasteiger partial charge in [-0.3, -0.25) is 9.48 Å². The lowest BCUT2D eigenvalue weighted by atomic mass is 10.1. The molecule has 0 aliphatic rings. The van der Waals surface area contributed by atoms with E-state index in [0.717, 1.165) is 0 Å². The van der Waals surface area contributed by atoms with Crippen molar-refractivity contribution in [3.05, 3.63) is 40.2 Å². The predicted molar refractivity (Wildman–Crippen MR) is 66.8 cm³/mol. The van der Waals surface area contributed by atoms with Crippen LogP contribution in [0.2, 0.25) is 0 Å². The van der Waals surface area contributed by atoms with E-state index >= 15 is 0 Å². The molecule has 2 aromatic heterocycles. The van der Waals surface area contributed by atoms with E-state index in [1.54, 1.807) is 20.2 Å². The third-order valence-corrected chi connectivity index (χ3v) is 2.46. The number of carbonyl (C=O) groups is 1. The van der Waals surface area contributed by atoms with Crippen LogP contribution in [-0.2, 0) is 11.8 Å². The molecule has 1 atom stereocenters. The molecule has 3 N–H and O–H groups in total. The van der Waals surface area contributed by atoms with E-state index in [1.807, 2.05) is 0 Å². The second kappa shape index (κ2) is 4.92. The van der Waals surface area contributed by atoms with Crippen LogP contribution < -0.4 is 10.9 Å². The fourth-order valence-electron chi connectivity index (χ4n) is 1.68. The minimum absolute atomic E-state index is 0.206. The number of rotatable bonds is 4. The van der Waals surface area contributed by atoms with Crippen LogP contribution in [0.4, 0.5) is 5.82 Å². The van der Waals surface area contributed by atoms with Gasteiger partial charge in [-0.2, -0.15) is 5.10 Å². The number of nitrogens with zero attached hydrogens (tertiary/aromatic N) is 3. The Balaban J connectivity index is 2.31. The molecule has 100 valence electrons. The van der Waals surface area contributed by atoms with E-state index in [4.69, 9.17) is 0 Å². The molecule has 0 bridgehead atoms. The number of aromatic amines is 1. The SMILES string of the molecule is Cc1nc(NC(C(=O)O)c2cnn(C)c2)cc(=O)[nH]1. The summed E-state index contributed by atoms with van der Waals surface area (Å²) < 4.78 is 1.50. The molecule has 2 aromatic rings. The van der Waals surface area contributed by atoms with Gasteiger partial charge in [0.1, 0.15) is 11.6 Å². The third kappa shape index (κ3) is 2.97. The van der Waals surface area contributed by atoms with Gasteiger partial charge < -0.3 is 15.4 Å². The zero-order valence-corrected chi connectivity index (χ0v) is 10.4. The fraction of sp³-hybridized carbons (Fsp3) is 0.273. The minimum atomic E-state index is -1.08. The highest BCUT2D eigenvalue weighted by atomic mass is 16.4. The van der Waals surface area contributed by atoms with Gasteiger partial charge in [-0.15, -0.1) is 0 Å². The summed E-state index contributed by atoms with van der Waals surface area (Å²) in [5.41, 5.74) is 0.139. The van der Waals surface area contributed by atoms with Crippen LogP contribution in [0.3, 0.4) is 0 Å². The molecular weight excluding hydrogens is 250 g/mol. The average molecular weight is 263 g/mol. The van der Waals surface area contributed by atoms with E-state index in [2.05, 4.69) is 20.4 Å². The molecule has 2 heterocycles. The summed E-state index contributed by atoms with van der Waals surface area (Å²) in [4.78, 5) is 29.1. The summed E-state index contributed by atoms with van der Waals surface area (Å²) in [6, 6.07) is 0.196. The number of carboxylic acid groups (broad SMARTS) is 1. The number of H-pyrrole nitrogens is 1. The van der Waals surface area contributed by atoms with Crippen molar-refractivity contribution in [1.82, 2.24) is 19.7 Å². The van der Waals surface area contributed by atoms with E-state index < -0.39 is 12.0 Å². The Hall–Kier alpha value is -2.64. The molecule has 2 rings (SSSR count). The van der Waals surface area contributed by atoms with Gasteiger partial charge in [-0.05, 0) is 6.92 Å². The Morgan fingerprint density at radius 3 is 2.84 bits per heavy atom. The monoisotopic (exact) mass is 263 g/mol. The molecule has 1 unspecified atom stereocenters. The standard InChI is InChI=1S/C11H13N5O3/c1-6-13-8(3-9(17)14-6)15-10(11(18)19)7-4-12-16(2)5-7/h3-5,10H,1-2H3,(H,18,19)(H2,13,14,15,17). The van der Waals surface area contributed by atoms with Crippen LogP contribution in [0.25, 0.3) is 0 Å². The van der Waals surface area contributed by atoms with Crippen LogP contribution >= 0.6 is 0 Å². The molecule has 0 aromatic carbocycles. The second-order valence-corrected chi connectivity index (χ2v) is 4.08. The van der Waals surface area contributed by atoms with Crippen molar-refractivity contribution in [2.24, 2.45) is 7.05 Å². The topological polar surface area (TPSA) is 113 Å². The van der Waals surface area contributed by atoms with Crippen LogP contribution in [0.15, 0.2) is 23.3 Å². The van der Waals surface area contributed by atoms with Gasteiger partial charge in [0.15, 0.2) is 6.04 Å². The Morgan fingerprint density at radius 1 is 1.58 bits per heavy atom. The van der Waals surface area contributed by atoms with Gasteiger partial charge in [0.2, 0.25) is 0 Å². The van der Waals surface area contributed by atoms with Crippen molar-refractivity contribution < 1.29 is 9.90 Å². The minimum Gasteiger partial charge on any atom is -0.479 e. The summed E-state index contributed by atoms with van der Waals surface area (Å²) in [5, 5.41) is 15.9. The van der Waals surface area contributed by atoms with Crippen molar-refractivity contribution in [2.45, 2.75) is 13.0 Å². The molecule has 0 saturated carbocycles. The highest BCUT2D eigenvalue weighted by molar-refractivity contribution is 5.78. The number of aryl methyl sites for hydroxylation is 2. The van der Waals surface area contributed by atoms with Crippen LogP contribution in [0, 0.1) is 6.92 Å². The van der Waals surface area contributed by atoms with Gasteiger partial charge in [0.25, 0.3) is 5.56 Å². The summed E-state index contributed by atoms with van der Waals surface area (Å²) in [5.74, 6) is -0.462. The Kier molecular flexibility index (Phi) is 3.32. The first-order chi connectivity index (χ1) is 8.95. The van der Waals surface area contributed by atoms with E-state index in [-0.39, 0.29) is 11.4 Å². The van der Waals surface area contributed by atoms with E-state index in [0.29, 0.717) is 11.4 Å². The summed E-state index contributed by atoms with van der Waals surface area (Å²) in [6.07, 6.45) is 3.04. The maximum absolute atomic E-state index is 11.3. The van der Waals surface area contributed by atoms with Gasteiger partial charge in [0.05, 0.1) is 6.20 Å². The molecule has 0 spiro atoms. The quantitative estimate of drug-likeness (QED) is 0.718. The number of aliphatic carboxylic acids is 1. The fourth-order valence-corrected chi connectivity index (χ4v) is 1.68. The first kappa shape index (κ1) is 12.8. The lowest BCUT2D eigenvalue weighted by molar-refractivity contribution is -0.138. The Bertz CT molecular complexity index is 660. The Morgan fingerprint density at radius 2 is 2.32 bits per heavy atom. The van der Waals surface area contributed by atoms with E-state index in [1.165, 1.54) is 16.9 Å². The van der Waals surface area contributed by atoms with Gasteiger partial charge in [-0.1, -0.05) is 0 Å². The number of aromatic nitrogens is 4. The number of hydrogen-bond acceptors (Lipinski definition) is 5. The van der Waals surface area contributed by atoms with Crippen molar-refractivity contribution in [3.63, 3.8) is 0 Å². The van der Waals surface area contributed by atoms with E-state index in [9.17, 15) is 14.7 Å². The van der Waals surface area contributed by atoms with Crippen molar-refractivity contribution in [3.8, 4) is 0 Å². The van der Waals surface area contributed by atoms with Gasteiger partial charge >= 0.3 is 5.97 Å². The predicted octanol–water partition coefficient (Wildman–Crippen LogP) is 0.0496. The summed E-state index contributed by atoms with van der Waals surface area (Å²) in [7, 11) is 1.69. The van der Waals surface area contributed by atoms with Crippen molar-refractivity contribution >= 4 is 11.8 Å². The third-order valence-electron chi connectivity index (χ3n) is 2.46. The maximum atomic E-state index is 11.3. The number of nitrogens with one attached hydrogen (secondary N) is 2. The molecule has 0 aliphatic carbocycles. The first-order valence-electron chi connectivity index (χ1n) is 5.51.